The lowest BCUT2D eigenvalue weighted by atomic mass is 10.0. The average Bonchev–Trinajstić information content (AvgIpc) is 3.05. The number of amides is 1. The summed E-state index contributed by atoms with van der Waals surface area (Å²) in [6.07, 6.45) is 4.45. The van der Waals surface area contributed by atoms with E-state index in [0.29, 0.717) is 29.8 Å². The van der Waals surface area contributed by atoms with Crippen molar-refractivity contribution < 1.29 is 9.90 Å². The van der Waals surface area contributed by atoms with Crippen LogP contribution in [0.25, 0.3) is 33.1 Å². The molecule has 0 unspecified atom stereocenters. The van der Waals surface area contributed by atoms with Crippen LogP contribution in [0.15, 0.2) is 60.1 Å². The van der Waals surface area contributed by atoms with Gasteiger partial charge in [-0.05, 0) is 55.3 Å². The fourth-order valence-electron chi connectivity index (χ4n) is 4.46. The Morgan fingerprint density at radius 2 is 2.03 bits per heavy atom. The number of carboxylic acid groups (broad SMARTS) is 1. The van der Waals surface area contributed by atoms with Gasteiger partial charge in [-0.1, -0.05) is 24.3 Å². The molecule has 0 aliphatic carbocycles. The van der Waals surface area contributed by atoms with Crippen LogP contribution in [0.2, 0.25) is 0 Å². The summed E-state index contributed by atoms with van der Waals surface area (Å²) in [6, 6.07) is 9.57. The molecule has 4 aromatic rings. The van der Waals surface area contributed by atoms with Gasteiger partial charge in [0.2, 0.25) is 0 Å². The Kier molecular flexibility index (Phi) is 6.31. The molecule has 3 aromatic heterocycles. The first-order valence-corrected chi connectivity index (χ1v) is 11.7. The van der Waals surface area contributed by atoms with Crippen LogP contribution in [-0.4, -0.2) is 47.2 Å². The number of hydrogen-bond acceptors (Lipinski definition) is 5. The van der Waals surface area contributed by atoms with E-state index in [9.17, 15) is 9.90 Å². The van der Waals surface area contributed by atoms with Gasteiger partial charge in [-0.25, -0.2) is 14.8 Å². The van der Waals surface area contributed by atoms with Crippen molar-refractivity contribution in [2.24, 2.45) is 0 Å². The summed E-state index contributed by atoms with van der Waals surface area (Å²) in [5.41, 5.74) is 8.92. The number of halogens is 1. The second kappa shape index (κ2) is 9.06. The van der Waals surface area contributed by atoms with Gasteiger partial charge in [-0.3, -0.25) is 9.88 Å². The van der Waals surface area contributed by atoms with E-state index in [1.165, 1.54) is 11.2 Å². The molecule has 3 heterocycles. The van der Waals surface area contributed by atoms with E-state index < -0.39 is 11.6 Å². The molecule has 0 fully saturated rings. The third-order valence-corrected chi connectivity index (χ3v) is 6.64. The Morgan fingerprint density at radius 3 is 2.71 bits per heavy atom. The maximum Gasteiger partial charge on any atom is 0.408 e. The van der Waals surface area contributed by atoms with Crippen LogP contribution in [0.1, 0.15) is 27.2 Å². The van der Waals surface area contributed by atoms with Crippen LogP contribution in [0.3, 0.4) is 0 Å². The predicted molar refractivity (Wildman–Crippen MR) is 139 cm³/mol. The highest BCUT2D eigenvalue weighted by molar-refractivity contribution is 9.10. The minimum Gasteiger partial charge on any atom is -0.465 e. The standard InChI is InChI=1S/C25H27BrN6O2/c1-5-8-17(32(24(33)34)25(2,3)4)13-31-21(26)19(20-22(27)29-14-30-23(20)31)16-11-15-9-6-7-10-18(15)28-12-16/h5-7,9-12,14,17H,1,8,13H2,2-4H3,(H,33,34)(H2,27,29,30)/t17-/m1/s1. The molecule has 9 heteroatoms. The molecule has 0 aliphatic rings. The molecule has 1 atom stereocenters. The molecule has 8 nitrogen and oxygen atoms in total. The van der Waals surface area contributed by atoms with Gasteiger partial charge < -0.3 is 15.4 Å². The zero-order valence-corrected chi connectivity index (χ0v) is 21.0. The van der Waals surface area contributed by atoms with Crippen molar-refractivity contribution in [3.8, 4) is 11.1 Å². The van der Waals surface area contributed by atoms with Crippen LogP contribution < -0.4 is 5.73 Å². The van der Waals surface area contributed by atoms with E-state index in [1.54, 1.807) is 12.3 Å². The topological polar surface area (TPSA) is 110 Å². The van der Waals surface area contributed by atoms with E-state index in [4.69, 9.17) is 5.73 Å². The number of pyridine rings is 1. The third kappa shape index (κ3) is 4.23. The van der Waals surface area contributed by atoms with E-state index >= 15 is 0 Å². The normalized spacial score (nSPS) is 12.7. The van der Waals surface area contributed by atoms with Gasteiger partial charge >= 0.3 is 6.09 Å². The van der Waals surface area contributed by atoms with Crippen molar-refractivity contribution in [3.63, 3.8) is 0 Å². The van der Waals surface area contributed by atoms with Crippen molar-refractivity contribution in [2.45, 2.75) is 45.3 Å². The van der Waals surface area contributed by atoms with E-state index in [2.05, 4.69) is 43.5 Å². The third-order valence-electron chi connectivity index (χ3n) is 5.81. The number of nitrogen functional groups attached to an aromatic ring is 1. The van der Waals surface area contributed by atoms with Crippen molar-refractivity contribution in [2.75, 3.05) is 5.73 Å². The molecule has 0 bridgehead atoms. The van der Waals surface area contributed by atoms with Crippen LogP contribution in [0, 0.1) is 0 Å². The lowest BCUT2D eigenvalue weighted by molar-refractivity contribution is 0.0652. The molecular weight excluding hydrogens is 496 g/mol. The van der Waals surface area contributed by atoms with Crippen molar-refractivity contribution >= 4 is 49.8 Å². The molecule has 4 rings (SSSR count). The van der Waals surface area contributed by atoms with E-state index in [0.717, 1.165) is 26.6 Å². The fourth-order valence-corrected chi connectivity index (χ4v) is 5.20. The quantitative estimate of drug-likeness (QED) is 0.313. The summed E-state index contributed by atoms with van der Waals surface area (Å²) in [7, 11) is 0. The number of aromatic nitrogens is 4. The first kappa shape index (κ1) is 23.7. The monoisotopic (exact) mass is 522 g/mol. The Balaban J connectivity index is 1.92. The van der Waals surface area contributed by atoms with Gasteiger partial charge in [0.25, 0.3) is 0 Å². The van der Waals surface area contributed by atoms with Crippen LogP contribution in [0.4, 0.5) is 10.6 Å². The van der Waals surface area contributed by atoms with Crippen molar-refractivity contribution in [1.82, 2.24) is 24.4 Å². The number of para-hydroxylation sites is 1. The molecule has 1 amide bonds. The van der Waals surface area contributed by atoms with Crippen LogP contribution in [0.5, 0.6) is 0 Å². The number of anilines is 1. The number of hydrogen-bond donors (Lipinski definition) is 2. The lowest BCUT2D eigenvalue weighted by Crippen LogP contribution is -2.52. The van der Waals surface area contributed by atoms with E-state index in [1.807, 2.05) is 49.6 Å². The summed E-state index contributed by atoms with van der Waals surface area (Å²) < 4.78 is 2.69. The highest BCUT2D eigenvalue weighted by Crippen LogP contribution is 2.40. The highest BCUT2D eigenvalue weighted by atomic mass is 79.9. The Labute approximate surface area is 206 Å². The molecule has 1 aromatic carbocycles. The number of benzene rings is 1. The summed E-state index contributed by atoms with van der Waals surface area (Å²) in [5.74, 6) is 0.346. The lowest BCUT2D eigenvalue weighted by Gasteiger charge is -2.39. The Hall–Kier alpha value is -3.46. The second-order valence-electron chi connectivity index (χ2n) is 9.15. The zero-order valence-electron chi connectivity index (χ0n) is 19.4. The molecule has 176 valence electrons. The number of nitrogens with two attached hydrogens (primary N) is 1. The minimum absolute atomic E-state index is 0.346. The van der Waals surface area contributed by atoms with Crippen molar-refractivity contribution in [3.05, 3.63) is 60.1 Å². The second-order valence-corrected chi connectivity index (χ2v) is 9.90. The number of fused-ring (bicyclic) bond motifs is 2. The van der Waals surface area contributed by atoms with Gasteiger partial charge in [0.05, 0.1) is 21.5 Å². The first-order chi connectivity index (χ1) is 16.1. The van der Waals surface area contributed by atoms with Gasteiger partial charge in [0.1, 0.15) is 17.8 Å². The average molecular weight is 523 g/mol. The molecule has 0 aliphatic heterocycles. The molecule has 34 heavy (non-hydrogen) atoms. The molecule has 0 saturated carbocycles. The summed E-state index contributed by atoms with van der Waals surface area (Å²) in [6.45, 7) is 9.85. The molecule has 0 saturated heterocycles. The molecule has 3 N–H and O–H groups in total. The summed E-state index contributed by atoms with van der Waals surface area (Å²) >= 11 is 3.77. The fraction of sp³-hybridized carbons (Fsp3) is 0.280. The minimum atomic E-state index is -0.986. The summed E-state index contributed by atoms with van der Waals surface area (Å²) in [5, 5.41) is 11.7. The largest absolute Gasteiger partial charge is 0.465 e. The summed E-state index contributed by atoms with van der Waals surface area (Å²) in [4.78, 5) is 27.0. The number of carbonyl (C=O) groups is 1. The predicted octanol–water partition coefficient (Wildman–Crippen LogP) is 5.71. The Morgan fingerprint density at radius 1 is 1.29 bits per heavy atom. The van der Waals surface area contributed by atoms with Crippen LogP contribution in [-0.2, 0) is 6.54 Å². The van der Waals surface area contributed by atoms with Gasteiger partial charge in [-0.15, -0.1) is 6.58 Å². The van der Waals surface area contributed by atoms with Gasteiger partial charge in [-0.2, -0.15) is 0 Å². The van der Waals surface area contributed by atoms with Crippen LogP contribution >= 0.6 is 15.9 Å². The maximum absolute atomic E-state index is 12.2. The highest BCUT2D eigenvalue weighted by Gasteiger charge is 2.34. The molecule has 0 spiro atoms. The van der Waals surface area contributed by atoms with Crippen molar-refractivity contribution in [1.29, 1.82) is 0 Å². The first-order valence-electron chi connectivity index (χ1n) is 10.9. The maximum atomic E-state index is 12.2. The zero-order chi connectivity index (χ0) is 24.6. The van der Waals surface area contributed by atoms with Gasteiger partial charge in [0, 0.05) is 34.8 Å². The number of nitrogens with zero attached hydrogens (tertiary/aromatic N) is 5. The van der Waals surface area contributed by atoms with E-state index in [-0.39, 0.29) is 6.04 Å². The SMILES string of the molecule is C=CC[C@H](Cn1c(Br)c(-c2cnc3ccccc3c2)c2c(N)ncnc21)N(C(=O)O)C(C)(C)C. The molecular formula is C25H27BrN6O2. The van der Waals surface area contributed by atoms with Gasteiger partial charge in [0.15, 0.2) is 0 Å². The number of rotatable bonds is 6. The Bertz CT molecular complexity index is 1390. The smallest absolute Gasteiger partial charge is 0.408 e. The molecule has 0 radical (unpaired) electrons.